The highest BCUT2D eigenvalue weighted by atomic mass is 16.7. The summed E-state index contributed by atoms with van der Waals surface area (Å²) < 4.78 is 55.7. The molecule has 0 bridgehead atoms. The second-order valence-corrected chi connectivity index (χ2v) is 21.0. The SMILES string of the molecule is CC[C@H]1OC(=O)C[C@@H](O)[C@H](C)[C@@H](O[C@@H]2O[C@H](C)[C@@H](O[C@H]3C[C@@](C)(O)[C@@H](O)[C@H](C)O3)[C@H](N(C)C)[C@H]2O)[C@@H](CCN2CCCCC2)C[C@@H](C)C(=O)/C=C/C(C)=C/[C@@H]1CO[C@@H]1O[C@H](C)[C@@H](O)C(OC)C1OC. The van der Waals surface area contributed by atoms with Gasteiger partial charge in [0.25, 0.3) is 0 Å². The van der Waals surface area contributed by atoms with Crippen LogP contribution in [0.3, 0.4) is 0 Å². The van der Waals surface area contributed by atoms with Crippen LogP contribution in [-0.2, 0) is 52.2 Å². The second kappa shape index (κ2) is 26.3. The predicted octanol–water partition coefficient (Wildman–Crippen LogP) is 3.12. The molecule has 2 unspecified atom stereocenters. The molecule has 21 atom stereocenters. The number of esters is 1. The fourth-order valence-electron chi connectivity index (χ4n) is 11.0. The molecule has 398 valence electrons. The van der Waals surface area contributed by atoms with Crippen LogP contribution in [0.4, 0.5) is 0 Å². The number of ether oxygens (including phenoxy) is 9. The number of carbonyl (C=O) groups is 2. The van der Waals surface area contributed by atoms with Crippen molar-refractivity contribution >= 4 is 11.8 Å². The Hall–Kier alpha value is -1.98. The third kappa shape index (κ3) is 15.1. The van der Waals surface area contributed by atoms with Crippen LogP contribution >= 0.6 is 0 Å². The summed E-state index contributed by atoms with van der Waals surface area (Å²) in [6.07, 6.45) is -3.68. The van der Waals surface area contributed by atoms with Crippen LogP contribution in [0, 0.1) is 23.7 Å². The van der Waals surface area contributed by atoms with E-state index in [4.69, 9.17) is 42.6 Å². The molecule has 5 heterocycles. The van der Waals surface area contributed by atoms with Gasteiger partial charge in [0, 0.05) is 38.4 Å². The Bertz CT molecular complexity index is 1660. The van der Waals surface area contributed by atoms with Crippen molar-refractivity contribution in [1.82, 2.24) is 9.80 Å². The molecule has 0 saturated carbocycles. The van der Waals surface area contributed by atoms with E-state index in [2.05, 4.69) is 4.90 Å². The molecule has 5 aliphatic heterocycles. The van der Waals surface area contributed by atoms with E-state index in [1.165, 1.54) is 27.6 Å². The number of piperidine rings is 1. The van der Waals surface area contributed by atoms with Gasteiger partial charge in [0.1, 0.15) is 42.7 Å². The Morgan fingerprint density at radius 1 is 0.826 bits per heavy atom. The molecule has 5 aliphatic rings. The molecule has 0 aromatic rings. The first kappa shape index (κ1) is 57.9. The summed E-state index contributed by atoms with van der Waals surface area (Å²) in [5, 5.41) is 56.6. The molecule has 4 saturated heterocycles. The van der Waals surface area contributed by atoms with Gasteiger partial charge < -0.3 is 78.0 Å². The zero-order chi connectivity index (χ0) is 50.9. The third-order valence-electron chi connectivity index (χ3n) is 15.3. The van der Waals surface area contributed by atoms with Crippen LogP contribution in [0.15, 0.2) is 23.8 Å². The van der Waals surface area contributed by atoms with Gasteiger partial charge in [0.2, 0.25) is 0 Å². The van der Waals surface area contributed by atoms with E-state index in [-0.39, 0.29) is 31.1 Å². The zero-order valence-corrected chi connectivity index (χ0v) is 43.4. The minimum absolute atomic E-state index is 0.00347. The number of ketones is 1. The molecule has 5 rings (SSSR count). The lowest BCUT2D eigenvalue weighted by Crippen LogP contribution is -2.65. The van der Waals surface area contributed by atoms with Crippen molar-refractivity contribution < 1.29 is 77.8 Å². The molecular weight excluding hydrogens is 897 g/mol. The average Bonchev–Trinajstić information content (AvgIpc) is 3.30. The summed E-state index contributed by atoms with van der Waals surface area (Å²) in [5.74, 6) is -2.72. The largest absolute Gasteiger partial charge is 0.462 e. The van der Waals surface area contributed by atoms with Crippen molar-refractivity contribution in [3.8, 4) is 0 Å². The number of rotatable bonds is 14. The zero-order valence-electron chi connectivity index (χ0n) is 43.4. The quantitative estimate of drug-likeness (QED) is 0.158. The van der Waals surface area contributed by atoms with Gasteiger partial charge in [-0.1, -0.05) is 44.9 Å². The van der Waals surface area contributed by atoms with Gasteiger partial charge in [-0.25, -0.2) is 0 Å². The van der Waals surface area contributed by atoms with Crippen molar-refractivity contribution in [3.63, 3.8) is 0 Å². The van der Waals surface area contributed by atoms with Gasteiger partial charge in [0.05, 0.1) is 55.2 Å². The molecule has 0 aromatic heterocycles. The lowest BCUT2D eigenvalue weighted by atomic mass is 9.79. The van der Waals surface area contributed by atoms with Crippen molar-refractivity contribution in [1.29, 1.82) is 0 Å². The van der Waals surface area contributed by atoms with Crippen molar-refractivity contribution in [2.75, 3.05) is 54.6 Å². The molecule has 0 aromatic carbocycles. The van der Waals surface area contributed by atoms with E-state index in [0.717, 1.165) is 38.0 Å². The topological polar surface area (TPSA) is 225 Å². The monoisotopic (exact) mass is 985 g/mol. The number of aliphatic hydroxyl groups is 5. The Morgan fingerprint density at radius 2 is 1.49 bits per heavy atom. The van der Waals surface area contributed by atoms with Gasteiger partial charge in [-0.2, -0.15) is 0 Å². The van der Waals surface area contributed by atoms with Gasteiger partial charge in [0.15, 0.2) is 24.7 Å². The molecule has 18 heteroatoms. The van der Waals surface area contributed by atoms with Crippen LogP contribution in [0.2, 0.25) is 0 Å². The van der Waals surface area contributed by atoms with Gasteiger partial charge >= 0.3 is 5.97 Å². The average molecular weight is 985 g/mol. The fraction of sp³-hybridized carbons (Fsp3) is 0.882. The third-order valence-corrected chi connectivity index (χ3v) is 15.3. The standard InChI is InChI=1S/C51H88N2O16/c1-13-38-35(27-63-50-47(62-12)46(61-11)42(57)31(5)65-50)23-28(2)17-18-36(54)29(3)24-34(19-22-53-20-15-14-16-21-53)44(30(4)37(55)25-39(56)67-38)69-49-43(58)41(52(9)10)45(32(6)66-49)68-40-26-51(8,60)48(59)33(7)64-40/h17-18,23,29-35,37-38,40-50,55,57-60H,13-16,19-22,24-27H2,1-12H3/b18-17+,28-23+/t29-,30+,31-,32-,33+,34+,35-,37-,38-,40+,41-,42-,43-,44-,45-,46?,47?,48+,49+,50-,51-/m1/s1. The summed E-state index contributed by atoms with van der Waals surface area (Å²) >= 11 is 0. The summed E-state index contributed by atoms with van der Waals surface area (Å²) in [6.45, 7) is 16.9. The summed E-state index contributed by atoms with van der Waals surface area (Å²) in [6, 6.07) is -0.686. The Kier molecular flexibility index (Phi) is 22.1. The highest BCUT2D eigenvalue weighted by molar-refractivity contribution is 5.91. The number of allylic oxidation sites excluding steroid dienone is 3. The smallest absolute Gasteiger partial charge is 0.308 e. The lowest BCUT2D eigenvalue weighted by molar-refractivity contribution is -0.342. The Balaban J connectivity index is 1.44. The van der Waals surface area contributed by atoms with E-state index in [9.17, 15) is 35.1 Å². The minimum Gasteiger partial charge on any atom is -0.462 e. The highest BCUT2D eigenvalue weighted by Gasteiger charge is 2.52. The van der Waals surface area contributed by atoms with Crippen molar-refractivity contribution in [3.05, 3.63) is 23.8 Å². The van der Waals surface area contributed by atoms with Crippen LogP contribution in [0.25, 0.3) is 0 Å². The molecule has 0 aliphatic carbocycles. The number of carbonyl (C=O) groups excluding carboxylic acids is 2. The molecule has 4 fully saturated rings. The number of likely N-dealkylation sites (N-methyl/N-ethyl adjacent to an activating group) is 1. The van der Waals surface area contributed by atoms with E-state index < -0.39 is 127 Å². The van der Waals surface area contributed by atoms with Crippen LogP contribution in [-0.4, -0.2) is 205 Å². The number of nitrogens with zero attached hydrogens (tertiary/aromatic N) is 2. The molecule has 5 N–H and O–H groups in total. The van der Waals surface area contributed by atoms with Gasteiger partial charge in [-0.3, -0.25) is 9.59 Å². The van der Waals surface area contributed by atoms with Crippen molar-refractivity contribution in [2.24, 2.45) is 23.7 Å². The van der Waals surface area contributed by atoms with Gasteiger partial charge in [-0.05, 0) is 112 Å². The van der Waals surface area contributed by atoms with E-state index >= 15 is 0 Å². The van der Waals surface area contributed by atoms with Crippen LogP contribution in [0.5, 0.6) is 0 Å². The second-order valence-electron chi connectivity index (χ2n) is 21.0. The van der Waals surface area contributed by atoms with E-state index in [0.29, 0.717) is 19.3 Å². The van der Waals surface area contributed by atoms with E-state index in [1.807, 2.05) is 59.7 Å². The Labute approximate surface area is 410 Å². The Morgan fingerprint density at radius 3 is 2.12 bits per heavy atom. The van der Waals surface area contributed by atoms with E-state index in [1.54, 1.807) is 26.0 Å². The first-order valence-electron chi connectivity index (χ1n) is 25.5. The molecule has 0 spiro atoms. The number of likely N-dealkylation sites (tertiary alicyclic amines) is 1. The van der Waals surface area contributed by atoms with Crippen LogP contribution < -0.4 is 0 Å². The normalized spacial score (nSPS) is 45.2. The lowest BCUT2D eigenvalue weighted by Gasteiger charge is -2.50. The van der Waals surface area contributed by atoms with Crippen molar-refractivity contribution in [2.45, 2.75) is 211 Å². The molecule has 0 radical (unpaired) electrons. The fourth-order valence-corrected chi connectivity index (χ4v) is 11.0. The maximum absolute atomic E-state index is 14.1. The minimum atomic E-state index is -1.47. The highest BCUT2D eigenvalue weighted by Crippen LogP contribution is 2.38. The van der Waals surface area contributed by atoms with Crippen LogP contribution in [0.1, 0.15) is 107 Å². The number of hydrogen-bond donors (Lipinski definition) is 5. The number of cyclic esters (lactones) is 1. The molecule has 18 nitrogen and oxygen atoms in total. The number of aliphatic hydroxyl groups excluding tert-OH is 4. The maximum atomic E-state index is 14.1. The first-order chi connectivity index (χ1) is 32.6. The predicted molar refractivity (Wildman–Crippen MR) is 255 cm³/mol. The summed E-state index contributed by atoms with van der Waals surface area (Å²) in [4.78, 5) is 32.4. The first-order valence-corrected chi connectivity index (χ1v) is 25.5. The molecule has 0 amide bonds. The maximum Gasteiger partial charge on any atom is 0.308 e. The number of hydrogen-bond acceptors (Lipinski definition) is 18. The molecular formula is C51H88N2O16. The molecule has 69 heavy (non-hydrogen) atoms. The van der Waals surface area contributed by atoms with Gasteiger partial charge in [-0.15, -0.1) is 0 Å². The summed E-state index contributed by atoms with van der Waals surface area (Å²) in [5.41, 5.74) is -0.720. The summed E-state index contributed by atoms with van der Waals surface area (Å²) in [7, 11) is 6.60. The number of methoxy groups -OCH3 is 2.